The van der Waals surface area contributed by atoms with E-state index in [1.807, 2.05) is 12.1 Å². The molecule has 0 saturated carbocycles. The Labute approximate surface area is 138 Å². The molecule has 1 fully saturated rings. The number of hydrogen-bond donors (Lipinski definition) is 0. The second-order valence-electron chi connectivity index (χ2n) is 4.99. The van der Waals surface area contributed by atoms with E-state index in [4.69, 9.17) is 33.2 Å². The molecule has 1 aliphatic heterocycles. The highest BCUT2D eigenvalue weighted by atomic mass is 35.5. The Bertz CT molecular complexity index is 730. The monoisotopic (exact) mass is 333 g/mol. The zero-order valence-corrected chi connectivity index (χ0v) is 13.2. The van der Waals surface area contributed by atoms with E-state index in [9.17, 15) is 0 Å². The molecule has 2 heterocycles. The fourth-order valence-electron chi connectivity index (χ4n) is 2.43. The third-order valence-electron chi connectivity index (χ3n) is 3.58. The summed E-state index contributed by atoms with van der Waals surface area (Å²) < 4.78 is 5.83. The molecule has 0 amide bonds. The van der Waals surface area contributed by atoms with Crippen molar-refractivity contribution in [3.05, 3.63) is 57.7 Å². The first-order chi connectivity index (χ1) is 10.7. The molecular formula is C16H13Cl2N3O. The summed E-state index contributed by atoms with van der Waals surface area (Å²) in [4.78, 5) is 6.45. The quantitative estimate of drug-likeness (QED) is 0.837. The van der Waals surface area contributed by atoms with E-state index in [0.29, 0.717) is 28.8 Å². The molecule has 112 valence electrons. The van der Waals surface area contributed by atoms with Gasteiger partial charge in [0.25, 0.3) is 0 Å². The largest absolute Gasteiger partial charge is 0.370 e. The van der Waals surface area contributed by atoms with E-state index >= 15 is 0 Å². The summed E-state index contributed by atoms with van der Waals surface area (Å²) in [6.07, 6.45) is 1.55. The Morgan fingerprint density at radius 3 is 2.86 bits per heavy atom. The first kappa shape index (κ1) is 15.1. The molecule has 1 aromatic carbocycles. The Balaban J connectivity index is 1.81. The molecule has 0 radical (unpaired) electrons. The fraction of sp³-hybridized carbons (Fsp3) is 0.250. The van der Waals surface area contributed by atoms with Gasteiger partial charge in [0.15, 0.2) is 0 Å². The van der Waals surface area contributed by atoms with Crippen molar-refractivity contribution < 1.29 is 4.74 Å². The number of aromatic nitrogens is 1. The number of morpholine rings is 1. The highest BCUT2D eigenvalue weighted by Gasteiger charge is 2.23. The number of ether oxygens (including phenoxy) is 1. The summed E-state index contributed by atoms with van der Waals surface area (Å²) in [6, 6.07) is 11.1. The molecule has 0 unspecified atom stereocenters. The molecule has 3 rings (SSSR count). The van der Waals surface area contributed by atoms with Gasteiger partial charge in [-0.3, -0.25) is 0 Å². The van der Waals surface area contributed by atoms with Crippen LogP contribution in [-0.4, -0.2) is 24.7 Å². The predicted molar refractivity (Wildman–Crippen MR) is 86.3 cm³/mol. The molecular weight excluding hydrogens is 321 g/mol. The minimum absolute atomic E-state index is 0.101. The molecule has 1 aliphatic rings. The Morgan fingerprint density at radius 2 is 2.09 bits per heavy atom. The molecule has 6 heteroatoms. The Kier molecular flexibility index (Phi) is 4.49. The molecule has 1 aromatic heterocycles. The van der Waals surface area contributed by atoms with Gasteiger partial charge >= 0.3 is 0 Å². The van der Waals surface area contributed by atoms with E-state index < -0.39 is 0 Å². The van der Waals surface area contributed by atoms with Gasteiger partial charge < -0.3 is 9.64 Å². The highest BCUT2D eigenvalue weighted by molar-refractivity contribution is 6.42. The van der Waals surface area contributed by atoms with E-state index in [2.05, 4.69) is 16.0 Å². The van der Waals surface area contributed by atoms with Gasteiger partial charge in [0.05, 0.1) is 28.3 Å². The van der Waals surface area contributed by atoms with E-state index in [1.54, 1.807) is 24.4 Å². The first-order valence-corrected chi connectivity index (χ1v) is 7.60. The average molecular weight is 334 g/mol. The number of anilines is 1. The summed E-state index contributed by atoms with van der Waals surface area (Å²) in [7, 11) is 0. The molecule has 0 aliphatic carbocycles. The molecule has 4 nitrogen and oxygen atoms in total. The van der Waals surface area contributed by atoms with Crippen LogP contribution in [0.2, 0.25) is 10.0 Å². The lowest BCUT2D eigenvalue weighted by Gasteiger charge is -2.34. The van der Waals surface area contributed by atoms with Crippen molar-refractivity contribution in [1.29, 1.82) is 5.26 Å². The van der Waals surface area contributed by atoms with Gasteiger partial charge in [-0.05, 0) is 29.8 Å². The van der Waals surface area contributed by atoms with Crippen molar-refractivity contribution in [1.82, 2.24) is 4.98 Å². The van der Waals surface area contributed by atoms with Gasteiger partial charge in [-0.15, -0.1) is 0 Å². The average Bonchev–Trinajstić information content (AvgIpc) is 2.57. The molecule has 1 atom stereocenters. The van der Waals surface area contributed by atoms with Gasteiger partial charge in [-0.1, -0.05) is 29.3 Å². The third-order valence-corrected chi connectivity index (χ3v) is 4.32. The van der Waals surface area contributed by atoms with Crippen LogP contribution in [-0.2, 0) is 4.74 Å². The molecule has 1 saturated heterocycles. The van der Waals surface area contributed by atoms with Gasteiger partial charge in [0.2, 0.25) is 0 Å². The van der Waals surface area contributed by atoms with E-state index in [0.717, 1.165) is 17.9 Å². The number of pyridine rings is 1. The normalized spacial score (nSPS) is 18.0. The molecule has 0 spiro atoms. The fourth-order valence-corrected chi connectivity index (χ4v) is 2.74. The van der Waals surface area contributed by atoms with Crippen molar-refractivity contribution in [3.8, 4) is 6.07 Å². The summed E-state index contributed by atoms with van der Waals surface area (Å²) >= 11 is 12.0. The van der Waals surface area contributed by atoms with Gasteiger partial charge in [0, 0.05) is 19.3 Å². The van der Waals surface area contributed by atoms with Crippen LogP contribution in [0.4, 0.5) is 5.82 Å². The molecule has 2 aromatic rings. The number of benzene rings is 1. The maximum atomic E-state index is 9.00. The van der Waals surface area contributed by atoms with Gasteiger partial charge in [-0.25, -0.2) is 4.98 Å². The van der Waals surface area contributed by atoms with Crippen LogP contribution in [0.3, 0.4) is 0 Å². The van der Waals surface area contributed by atoms with Crippen LogP contribution in [0.15, 0.2) is 36.5 Å². The maximum Gasteiger partial charge on any atom is 0.129 e. The van der Waals surface area contributed by atoms with Gasteiger partial charge in [0.1, 0.15) is 11.9 Å². The van der Waals surface area contributed by atoms with Crippen molar-refractivity contribution in [3.63, 3.8) is 0 Å². The Hall–Kier alpha value is -1.80. The number of hydrogen-bond acceptors (Lipinski definition) is 4. The molecule has 0 bridgehead atoms. The highest BCUT2D eigenvalue weighted by Crippen LogP contribution is 2.30. The topological polar surface area (TPSA) is 49.2 Å². The van der Waals surface area contributed by atoms with Crippen LogP contribution >= 0.6 is 23.2 Å². The lowest BCUT2D eigenvalue weighted by atomic mass is 10.1. The van der Waals surface area contributed by atoms with Crippen LogP contribution in [0, 0.1) is 11.3 Å². The molecule has 22 heavy (non-hydrogen) atoms. The summed E-state index contributed by atoms with van der Waals surface area (Å²) in [5.41, 5.74) is 1.58. The Morgan fingerprint density at radius 1 is 1.23 bits per heavy atom. The van der Waals surface area contributed by atoms with E-state index in [1.165, 1.54) is 0 Å². The van der Waals surface area contributed by atoms with E-state index in [-0.39, 0.29) is 6.10 Å². The SMILES string of the molecule is N#Cc1ccnc(N2CCO[C@@H](c3ccc(Cl)c(Cl)c3)C2)c1. The number of nitriles is 1. The van der Waals surface area contributed by atoms with Crippen molar-refractivity contribution >= 4 is 29.0 Å². The zero-order chi connectivity index (χ0) is 15.5. The van der Waals surface area contributed by atoms with Crippen molar-refractivity contribution in [2.45, 2.75) is 6.10 Å². The van der Waals surface area contributed by atoms with Crippen molar-refractivity contribution in [2.24, 2.45) is 0 Å². The smallest absolute Gasteiger partial charge is 0.129 e. The summed E-state index contributed by atoms with van der Waals surface area (Å²) in [5.74, 6) is 0.785. The standard InChI is InChI=1S/C16H13Cl2N3O/c17-13-2-1-12(8-14(13)18)15-10-21(5-6-22-15)16-7-11(9-19)3-4-20-16/h1-4,7-8,15H,5-6,10H2/t15-/m1/s1. The van der Waals surface area contributed by atoms with Crippen LogP contribution in [0.25, 0.3) is 0 Å². The minimum atomic E-state index is -0.101. The van der Waals surface area contributed by atoms with Gasteiger partial charge in [-0.2, -0.15) is 5.26 Å². The minimum Gasteiger partial charge on any atom is -0.370 e. The molecule has 0 N–H and O–H groups in total. The second kappa shape index (κ2) is 6.53. The maximum absolute atomic E-state index is 9.00. The van der Waals surface area contributed by atoms with Crippen LogP contribution in [0.5, 0.6) is 0 Å². The van der Waals surface area contributed by atoms with Crippen molar-refractivity contribution in [2.75, 3.05) is 24.6 Å². The third kappa shape index (κ3) is 3.17. The number of rotatable bonds is 2. The first-order valence-electron chi connectivity index (χ1n) is 6.85. The summed E-state index contributed by atoms with van der Waals surface area (Å²) in [5, 5.41) is 10.0. The number of nitrogens with zero attached hydrogens (tertiary/aromatic N) is 3. The predicted octanol–water partition coefficient (Wildman–Crippen LogP) is 3.84. The van der Waals surface area contributed by atoms with Crippen LogP contribution < -0.4 is 4.90 Å². The number of halogens is 2. The second-order valence-corrected chi connectivity index (χ2v) is 5.81. The lowest BCUT2D eigenvalue weighted by molar-refractivity contribution is 0.0395. The summed E-state index contributed by atoms with van der Waals surface area (Å²) in [6.45, 7) is 1.98. The van der Waals surface area contributed by atoms with Crippen LogP contribution in [0.1, 0.15) is 17.2 Å². The zero-order valence-electron chi connectivity index (χ0n) is 11.7. The lowest BCUT2D eigenvalue weighted by Crippen LogP contribution is -2.38.